The van der Waals surface area contributed by atoms with E-state index in [1.807, 2.05) is 12.1 Å². The maximum absolute atomic E-state index is 12.3. The number of esters is 1. The van der Waals surface area contributed by atoms with Crippen LogP contribution in [0.15, 0.2) is 28.7 Å². The van der Waals surface area contributed by atoms with Crippen LogP contribution in [-0.4, -0.2) is 31.8 Å². The number of carbonyl (C=O) groups is 1. The summed E-state index contributed by atoms with van der Waals surface area (Å²) in [5.41, 5.74) is 7.42. The van der Waals surface area contributed by atoms with Crippen LogP contribution in [0, 0.1) is 18.3 Å². The molecular weight excluding hydrogens is 394 g/mol. The van der Waals surface area contributed by atoms with Gasteiger partial charge in [0.1, 0.15) is 6.61 Å². The van der Waals surface area contributed by atoms with Crippen molar-refractivity contribution in [1.29, 1.82) is 0 Å². The van der Waals surface area contributed by atoms with Crippen LogP contribution in [0.25, 0.3) is 0 Å². The van der Waals surface area contributed by atoms with Gasteiger partial charge in [0.15, 0.2) is 0 Å². The fourth-order valence-corrected chi connectivity index (χ4v) is 3.63. The Morgan fingerprint density at radius 3 is 2.65 bits per heavy atom. The predicted molar refractivity (Wildman–Crippen MR) is 107 cm³/mol. The second kappa shape index (κ2) is 11.4. The summed E-state index contributed by atoms with van der Waals surface area (Å²) < 4.78 is 11.9. The molecule has 5 heteroatoms. The Hall–Kier alpha value is -1.35. The van der Waals surface area contributed by atoms with Crippen molar-refractivity contribution in [2.24, 2.45) is 11.7 Å². The van der Waals surface area contributed by atoms with E-state index >= 15 is 0 Å². The Morgan fingerprint density at radius 2 is 1.92 bits per heavy atom. The van der Waals surface area contributed by atoms with Crippen molar-refractivity contribution in [2.45, 2.75) is 50.5 Å². The van der Waals surface area contributed by atoms with Crippen molar-refractivity contribution in [1.82, 2.24) is 0 Å². The smallest absolute Gasteiger partial charge is 0.310 e. The topological polar surface area (TPSA) is 61.5 Å². The molecule has 0 heterocycles. The Morgan fingerprint density at radius 1 is 1.15 bits per heavy atom. The van der Waals surface area contributed by atoms with E-state index in [2.05, 4.69) is 34.0 Å². The Kier molecular flexibility index (Phi) is 9.17. The Bertz CT molecular complexity index is 596. The fourth-order valence-electron chi connectivity index (χ4n) is 3.37. The van der Waals surface area contributed by atoms with Gasteiger partial charge < -0.3 is 15.2 Å². The summed E-state index contributed by atoms with van der Waals surface area (Å²) in [5.74, 6) is 2.51. The first-order chi connectivity index (χ1) is 12.6. The van der Waals surface area contributed by atoms with Crippen LogP contribution in [0.3, 0.4) is 0 Å². The summed E-state index contributed by atoms with van der Waals surface area (Å²) in [6.45, 7) is 1.39. The van der Waals surface area contributed by atoms with E-state index in [-0.39, 0.29) is 24.5 Å². The first-order valence-corrected chi connectivity index (χ1v) is 10.1. The lowest BCUT2D eigenvalue weighted by Gasteiger charge is -2.14. The third-order valence-corrected chi connectivity index (χ3v) is 5.37. The molecule has 0 spiro atoms. The quantitative estimate of drug-likeness (QED) is 0.352. The lowest BCUT2D eigenvalue weighted by Crippen LogP contribution is -2.32. The molecule has 0 unspecified atom stereocenters. The molecule has 2 N–H and O–H groups in total. The monoisotopic (exact) mass is 421 g/mol. The first-order valence-electron chi connectivity index (χ1n) is 9.30. The molecule has 1 aliphatic carbocycles. The predicted octanol–water partition coefficient (Wildman–Crippen LogP) is 4.02. The van der Waals surface area contributed by atoms with E-state index in [1.165, 1.54) is 5.56 Å². The van der Waals surface area contributed by atoms with Crippen molar-refractivity contribution in [3.8, 4) is 12.3 Å². The second-order valence-electron chi connectivity index (χ2n) is 6.78. The molecule has 1 aromatic rings. The zero-order valence-corrected chi connectivity index (χ0v) is 16.7. The van der Waals surface area contributed by atoms with Crippen LogP contribution >= 0.6 is 15.9 Å². The van der Waals surface area contributed by atoms with Gasteiger partial charge in [0, 0.05) is 23.5 Å². The average molecular weight is 422 g/mol. The number of ether oxygens (including phenoxy) is 2. The third-order valence-electron chi connectivity index (χ3n) is 4.84. The third kappa shape index (κ3) is 6.75. The minimum atomic E-state index is -0.229. The SMILES string of the molecule is C#CCCCCCOCCOC(=O)[C@H]1C[C@H](c2ccc(Br)cc2)C[C@@H]1N. The molecule has 142 valence electrons. The van der Waals surface area contributed by atoms with Crippen LogP contribution in [-0.2, 0) is 14.3 Å². The maximum atomic E-state index is 12.3. The molecule has 0 saturated heterocycles. The van der Waals surface area contributed by atoms with E-state index < -0.39 is 0 Å². The van der Waals surface area contributed by atoms with Crippen molar-refractivity contribution >= 4 is 21.9 Å². The number of rotatable bonds is 10. The number of terminal acetylenes is 1. The number of nitrogens with two attached hydrogens (primary N) is 1. The van der Waals surface area contributed by atoms with Gasteiger partial charge >= 0.3 is 5.97 Å². The van der Waals surface area contributed by atoms with Crippen molar-refractivity contribution < 1.29 is 14.3 Å². The van der Waals surface area contributed by atoms with Gasteiger partial charge in [-0.05, 0) is 49.3 Å². The summed E-state index contributed by atoms with van der Waals surface area (Å²) in [6, 6.07) is 8.08. The molecule has 0 aliphatic heterocycles. The van der Waals surface area contributed by atoms with Gasteiger partial charge in [-0.2, -0.15) is 0 Å². The van der Waals surface area contributed by atoms with Gasteiger partial charge in [0.25, 0.3) is 0 Å². The van der Waals surface area contributed by atoms with E-state index in [0.29, 0.717) is 19.1 Å². The zero-order chi connectivity index (χ0) is 18.8. The van der Waals surface area contributed by atoms with Crippen molar-refractivity contribution in [3.05, 3.63) is 34.3 Å². The number of halogens is 1. The molecule has 1 aromatic carbocycles. The first kappa shape index (κ1) is 21.0. The number of unbranched alkanes of at least 4 members (excludes halogenated alkanes) is 3. The zero-order valence-electron chi connectivity index (χ0n) is 15.2. The molecule has 0 aromatic heterocycles. The minimum absolute atomic E-state index is 0.145. The molecule has 0 amide bonds. The highest BCUT2D eigenvalue weighted by molar-refractivity contribution is 9.10. The van der Waals surface area contributed by atoms with E-state index in [4.69, 9.17) is 21.6 Å². The molecule has 1 aliphatic rings. The van der Waals surface area contributed by atoms with Crippen LogP contribution in [0.4, 0.5) is 0 Å². The van der Waals surface area contributed by atoms with Crippen LogP contribution < -0.4 is 5.73 Å². The summed E-state index contributed by atoms with van der Waals surface area (Å²) in [5, 5.41) is 0. The highest BCUT2D eigenvalue weighted by atomic mass is 79.9. The van der Waals surface area contributed by atoms with Crippen LogP contribution in [0.2, 0.25) is 0 Å². The number of hydrogen-bond donors (Lipinski definition) is 1. The molecular formula is C21H28BrNO3. The lowest BCUT2D eigenvalue weighted by atomic mass is 9.96. The summed E-state index contributed by atoms with van der Waals surface area (Å²) in [7, 11) is 0. The van der Waals surface area contributed by atoms with Gasteiger partial charge in [0.2, 0.25) is 0 Å². The highest BCUT2D eigenvalue weighted by Gasteiger charge is 2.38. The van der Waals surface area contributed by atoms with Crippen molar-refractivity contribution in [3.63, 3.8) is 0 Å². The Labute approximate surface area is 164 Å². The van der Waals surface area contributed by atoms with E-state index in [9.17, 15) is 4.79 Å². The molecule has 4 nitrogen and oxygen atoms in total. The van der Waals surface area contributed by atoms with Crippen LogP contribution in [0.1, 0.15) is 50.0 Å². The number of benzene rings is 1. The maximum Gasteiger partial charge on any atom is 0.310 e. The van der Waals surface area contributed by atoms with Crippen LogP contribution in [0.5, 0.6) is 0 Å². The second-order valence-corrected chi connectivity index (χ2v) is 7.70. The lowest BCUT2D eigenvalue weighted by molar-refractivity contribution is -0.150. The number of carbonyl (C=O) groups excluding carboxylic acids is 1. The standard InChI is InChI=1S/C21H28BrNO3/c1-2-3-4-5-6-11-25-12-13-26-21(24)19-14-17(15-20(19)23)16-7-9-18(22)10-8-16/h1,7-10,17,19-20H,3-6,11-15,23H2/t17-,19-,20-/m0/s1. The minimum Gasteiger partial charge on any atom is -0.463 e. The van der Waals surface area contributed by atoms with Gasteiger partial charge in [0.05, 0.1) is 12.5 Å². The number of hydrogen-bond acceptors (Lipinski definition) is 4. The van der Waals surface area contributed by atoms with Gasteiger partial charge in [-0.15, -0.1) is 12.3 Å². The molecule has 0 bridgehead atoms. The average Bonchev–Trinajstić information content (AvgIpc) is 3.02. The van der Waals surface area contributed by atoms with E-state index in [0.717, 1.165) is 43.0 Å². The normalized spacial score (nSPS) is 22.1. The molecule has 3 atom stereocenters. The van der Waals surface area contributed by atoms with Gasteiger partial charge in [-0.25, -0.2) is 0 Å². The summed E-state index contributed by atoms with van der Waals surface area (Å²) >= 11 is 3.44. The molecule has 26 heavy (non-hydrogen) atoms. The highest BCUT2D eigenvalue weighted by Crippen LogP contribution is 2.38. The molecule has 0 radical (unpaired) electrons. The Balaban J connectivity index is 1.63. The molecule has 1 fully saturated rings. The summed E-state index contributed by atoms with van der Waals surface area (Å²) in [6.07, 6.45) is 10.7. The van der Waals surface area contributed by atoms with Gasteiger partial charge in [-0.1, -0.05) is 34.5 Å². The van der Waals surface area contributed by atoms with E-state index in [1.54, 1.807) is 0 Å². The fraction of sp³-hybridized carbons (Fsp3) is 0.571. The summed E-state index contributed by atoms with van der Waals surface area (Å²) in [4.78, 5) is 12.3. The van der Waals surface area contributed by atoms with Gasteiger partial charge in [-0.3, -0.25) is 4.79 Å². The largest absolute Gasteiger partial charge is 0.463 e. The van der Waals surface area contributed by atoms with Crippen molar-refractivity contribution in [2.75, 3.05) is 19.8 Å². The molecule has 2 rings (SSSR count). The molecule has 1 saturated carbocycles.